The number of carbonyl (C=O) groups is 2. The Morgan fingerprint density at radius 3 is 2.27 bits per heavy atom. The number of halogens is 2. The summed E-state index contributed by atoms with van der Waals surface area (Å²) >= 11 is 17.9. The highest BCUT2D eigenvalue weighted by molar-refractivity contribution is 7.80. The van der Waals surface area contributed by atoms with Gasteiger partial charge in [-0.1, -0.05) is 29.3 Å². The topological polar surface area (TPSA) is 54.3 Å². The maximum atomic E-state index is 13.4. The van der Waals surface area contributed by atoms with Crippen LogP contribution in [-0.4, -0.2) is 21.5 Å². The Hall–Kier alpha value is -2.93. The minimum atomic E-state index is -0.531. The fraction of sp³-hybridized carbons (Fsp3) is 0.160. The number of rotatable bonds is 3. The molecule has 1 aliphatic rings. The Bertz CT molecular complexity index is 1350. The van der Waals surface area contributed by atoms with Gasteiger partial charge in [-0.2, -0.15) is 0 Å². The van der Waals surface area contributed by atoms with Crippen molar-refractivity contribution >= 4 is 64.1 Å². The van der Waals surface area contributed by atoms with Gasteiger partial charge in [0.05, 0.1) is 16.4 Å². The van der Waals surface area contributed by atoms with E-state index in [1.54, 1.807) is 24.3 Å². The van der Waals surface area contributed by atoms with E-state index in [0.717, 1.165) is 33.8 Å². The Kier molecular flexibility index (Phi) is 6.18. The predicted octanol–water partition coefficient (Wildman–Crippen LogP) is 5.85. The molecule has 2 heterocycles. The zero-order valence-corrected chi connectivity index (χ0v) is 20.8. The summed E-state index contributed by atoms with van der Waals surface area (Å²) in [7, 11) is 0. The number of nitrogens with one attached hydrogen (secondary N) is 1. The first-order valence-corrected chi connectivity index (χ1v) is 11.4. The van der Waals surface area contributed by atoms with Crippen LogP contribution in [0.25, 0.3) is 11.8 Å². The fourth-order valence-electron chi connectivity index (χ4n) is 4.09. The molecule has 2 amide bonds. The van der Waals surface area contributed by atoms with Gasteiger partial charge in [0.15, 0.2) is 5.11 Å². The molecule has 0 aliphatic carbocycles. The summed E-state index contributed by atoms with van der Waals surface area (Å²) in [4.78, 5) is 27.5. The van der Waals surface area contributed by atoms with E-state index in [1.165, 1.54) is 4.90 Å². The van der Waals surface area contributed by atoms with Crippen molar-refractivity contribution < 1.29 is 9.59 Å². The monoisotopic (exact) mass is 497 g/mol. The van der Waals surface area contributed by atoms with Gasteiger partial charge in [0.2, 0.25) is 0 Å². The SMILES string of the molecule is Cc1cc(C)cc(N2C(=O)/C(=C/c3cc(C)n(-c4cc(Cl)ccc4Cl)c3C)C(=O)NC2=S)c1. The van der Waals surface area contributed by atoms with Crippen LogP contribution in [0.4, 0.5) is 5.69 Å². The average molecular weight is 498 g/mol. The summed E-state index contributed by atoms with van der Waals surface area (Å²) in [5.74, 6) is -1.00. The fourth-order valence-corrected chi connectivity index (χ4v) is 4.74. The van der Waals surface area contributed by atoms with Gasteiger partial charge in [-0.3, -0.25) is 19.8 Å². The lowest BCUT2D eigenvalue weighted by Crippen LogP contribution is -2.54. The van der Waals surface area contributed by atoms with E-state index in [2.05, 4.69) is 5.32 Å². The van der Waals surface area contributed by atoms with Gasteiger partial charge >= 0.3 is 0 Å². The van der Waals surface area contributed by atoms with Crippen LogP contribution in [0.2, 0.25) is 10.0 Å². The lowest BCUT2D eigenvalue weighted by Gasteiger charge is -2.29. The summed E-state index contributed by atoms with van der Waals surface area (Å²) < 4.78 is 1.94. The van der Waals surface area contributed by atoms with Crippen LogP contribution in [0.5, 0.6) is 0 Å². The third kappa shape index (κ3) is 4.34. The zero-order chi connectivity index (χ0) is 24.0. The molecule has 2 aromatic carbocycles. The van der Waals surface area contributed by atoms with Crippen LogP contribution in [0.3, 0.4) is 0 Å². The zero-order valence-electron chi connectivity index (χ0n) is 18.5. The molecule has 0 saturated carbocycles. The molecule has 1 N–H and O–H groups in total. The van der Waals surface area contributed by atoms with Crippen molar-refractivity contribution in [3.8, 4) is 5.69 Å². The highest BCUT2D eigenvalue weighted by Gasteiger charge is 2.35. The standard InChI is InChI=1S/C25H21Cl2N3O2S/c1-13-7-14(2)9-19(8-13)30-24(32)20(23(31)28-25(30)33)11-17-10-15(3)29(16(17)4)22-12-18(26)5-6-21(22)27/h5-12H,1-4H3,(H,28,31,33)/b20-11+. The van der Waals surface area contributed by atoms with Crippen LogP contribution in [0.1, 0.15) is 28.1 Å². The van der Waals surface area contributed by atoms with Crippen molar-refractivity contribution in [1.29, 1.82) is 0 Å². The molecule has 33 heavy (non-hydrogen) atoms. The number of anilines is 1. The number of hydrogen-bond donors (Lipinski definition) is 1. The normalized spacial score (nSPS) is 15.4. The smallest absolute Gasteiger partial charge is 0.270 e. The Labute approximate surface area is 207 Å². The molecule has 0 bridgehead atoms. The summed E-state index contributed by atoms with van der Waals surface area (Å²) in [6.45, 7) is 7.71. The van der Waals surface area contributed by atoms with Gasteiger partial charge in [-0.15, -0.1) is 0 Å². The van der Waals surface area contributed by atoms with Crippen molar-refractivity contribution in [1.82, 2.24) is 9.88 Å². The van der Waals surface area contributed by atoms with Crippen LogP contribution in [0.15, 0.2) is 48.0 Å². The van der Waals surface area contributed by atoms with Gasteiger partial charge in [0.1, 0.15) is 5.57 Å². The lowest BCUT2D eigenvalue weighted by atomic mass is 10.1. The molecule has 5 nitrogen and oxygen atoms in total. The minimum Gasteiger partial charge on any atom is -0.316 e. The van der Waals surface area contributed by atoms with Crippen LogP contribution in [-0.2, 0) is 9.59 Å². The van der Waals surface area contributed by atoms with E-state index >= 15 is 0 Å². The molecule has 168 valence electrons. The Morgan fingerprint density at radius 1 is 0.939 bits per heavy atom. The molecular formula is C25H21Cl2N3O2S. The second-order valence-corrected chi connectivity index (χ2v) is 9.29. The van der Waals surface area contributed by atoms with Gasteiger partial charge in [0, 0.05) is 16.4 Å². The van der Waals surface area contributed by atoms with E-state index in [-0.39, 0.29) is 10.7 Å². The highest BCUT2D eigenvalue weighted by atomic mass is 35.5. The molecule has 0 radical (unpaired) electrons. The molecule has 8 heteroatoms. The average Bonchev–Trinajstić information content (AvgIpc) is 2.99. The van der Waals surface area contributed by atoms with Gasteiger partial charge in [-0.25, -0.2) is 0 Å². The number of amides is 2. The maximum absolute atomic E-state index is 13.4. The van der Waals surface area contributed by atoms with Crippen LogP contribution >= 0.6 is 35.4 Å². The number of benzene rings is 2. The number of aromatic nitrogens is 1. The lowest BCUT2D eigenvalue weighted by molar-refractivity contribution is -0.122. The molecule has 1 aliphatic heterocycles. The largest absolute Gasteiger partial charge is 0.316 e. The first-order chi connectivity index (χ1) is 15.6. The quantitative estimate of drug-likeness (QED) is 0.280. The highest BCUT2D eigenvalue weighted by Crippen LogP contribution is 2.31. The Morgan fingerprint density at radius 2 is 1.61 bits per heavy atom. The van der Waals surface area contributed by atoms with Crippen LogP contribution in [0, 0.1) is 27.7 Å². The van der Waals surface area contributed by atoms with Gasteiger partial charge in [-0.05, 0) is 99.1 Å². The van der Waals surface area contributed by atoms with E-state index in [9.17, 15) is 9.59 Å². The molecule has 1 aromatic heterocycles. The summed E-state index contributed by atoms with van der Waals surface area (Å²) in [6.07, 6.45) is 1.59. The molecule has 0 spiro atoms. The van der Waals surface area contributed by atoms with E-state index < -0.39 is 11.8 Å². The number of aryl methyl sites for hydroxylation is 3. The second-order valence-electron chi connectivity index (χ2n) is 8.06. The van der Waals surface area contributed by atoms with Crippen LogP contribution < -0.4 is 10.2 Å². The third-order valence-electron chi connectivity index (χ3n) is 5.49. The molecule has 1 fully saturated rings. The summed E-state index contributed by atoms with van der Waals surface area (Å²) in [5, 5.41) is 3.80. The van der Waals surface area contributed by atoms with Gasteiger partial charge in [0.25, 0.3) is 11.8 Å². The molecule has 0 unspecified atom stereocenters. The number of carbonyl (C=O) groups excluding carboxylic acids is 2. The molecule has 4 rings (SSSR count). The first-order valence-electron chi connectivity index (χ1n) is 10.2. The first kappa shape index (κ1) is 23.2. The molecule has 0 atom stereocenters. The van der Waals surface area contributed by atoms with E-state index in [4.69, 9.17) is 35.4 Å². The predicted molar refractivity (Wildman–Crippen MR) is 137 cm³/mol. The summed E-state index contributed by atoms with van der Waals surface area (Å²) in [6, 6.07) is 12.9. The van der Waals surface area contributed by atoms with Crippen molar-refractivity contribution in [3.05, 3.63) is 86.2 Å². The maximum Gasteiger partial charge on any atom is 0.270 e. The van der Waals surface area contributed by atoms with Crippen molar-refractivity contribution in [3.63, 3.8) is 0 Å². The Balaban J connectivity index is 1.80. The van der Waals surface area contributed by atoms with E-state index in [0.29, 0.717) is 15.7 Å². The number of nitrogens with zero attached hydrogens (tertiary/aromatic N) is 2. The number of hydrogen-bond acceptors (Lipinski definition) is 3. The van der Waals surface area contributed by atoms with Crippen molar-refractivity contribution in [2.24, 2.45) is 0 Å². The van der Waals surface area contributed by atoms with Crippen molar-refractivity contribution in [2.75, 3.05) is 4.90 Å². The summed E-state index contributed by atoms with van der Waals surface area (Å²) in [5.41, 5.74) is 5.74. The molecule has 1 saturated heterocycles. The number of thiocarbonyl (C=S) groups is 1. The van der Waals surface area contributed by atoms with E-state index in [1.807, 2.05) is 56.5 Å². The van der Waals surface area contributed by atoms with Gasteiger partial charge < -0.3 is 4.57 Å². The minimum absolute atomic E-state index is 0.000185. The molecular weight excluding hydrogens is 477 g/mol. The van der Waals surface area contributed by atoms with Crippen molar-refractivity contribution in [2.45, 2.75) is 27.7 Å². The molecule has 3 aromatic rings. The third-order valence-corrected chi connectivity index (χ3v) is 6.32. The second kappa shape index (κ2) is 8.78.